The molecule has 130 valence electrons. The van der Waals surface area contributed by atoms with Gasteiger partial charge in [0.1, 0.15) is 5.75 Å². The van der Waals surface area contributed by atoms with Gasteiger partial charge in [-0.2, -0.15) is 0 Å². The first-order chi connectivity index (χ1) is 10.7. The van der Waals surface area contributed by atoms with E-state index in [0.717, 1.165) is 29.8 Å². The van der Waals surface area contributed by atoms with Crippen LogP contribution in [0.3, 0.4) is 0 Å². The topological polar surface area (TPSA) is 37.4 Å². The third kappa shape index (κ3) is 4.17. The maximum Gasteiger partial charge on any atom is 0.128 e. The van der Waals surface area contributed by atoms with E-state index in [1.807, 2.05) is 6.20 Å². The Balaban J connectivity index is 0.00000192. The molecular formula is C18H30ClN3O. The van der Waals surface area contributed by atoms with Crippen LogP contribution in [0, 0.1) is 19.8 Å². The van der Waals surface area contributed by atoms with Crippen LogP contribution in [-0.4, -0.2) is 42.7 Å². The van der Waals surface area contributed by atoms with Crippen molar-refractivity contribution in [2.75, 3.05) is 26.7 Å². The predicted octanol–water partition coefficient (Wildman–Crippen LogP) is 3.09. The fraction of sp³-hybridized carbons (Fsp3) is 0.722. The number of nitrogens with one attached hydrogen (secondary N) is 1. The number of hydrogen-bond donors (Lipinski definition) is 1. The van der Waals surface area contributed by atoms with Crippen LogP contribution in [0.4, 0.5) is 0 Å². The van der Waals surface area contributed by atoms with Crippen LogP contribution in [-0.2, 0) is 6.54 Å². The normalized spacial score (nSPS) is 22.8. The zero-order chi connectivity index (χ0) is 15.5. The first kappa shape index (κ1) is 18.5. The van der Waals surface area contributed by atoms with Crippen molar-refractivity contribution in [2.45, 2.75) is 52.1 Å². The van der Waals surface area contributed by atoms with E-state index in [1.165, 1.54) is 56.6 Å². The molecule has 3 rings (SSSR count). The third-order valence-electron chi connectivity index (χ3n) is 5.42. The molecule has 3 heterocycles. The lowest BCUT2D eigenvalue weighted by molar-refractivity contribution is 0.155. The van der Waals surface area contributed by atoms with E-state index in [9.17, 15) is 0 Å². The minimum atomic E-state index is 0. The standard InChI is InChI=1S/C18H29N3O.ClH/c1-13-11-20-17(14(2)18(13)22-3)12-21-9-6-15(7-10-21)16-5-4-8-19-16;/h11,15-16,19H,4-10,12H2,1-3H3;1H. The lowest BCUT2D eigenvalue weighted by Crippen LogP contribution is -2.40. The molecule has 23 heavy (non-hydrogen) atoms. The molecule has 0 aliphatic carbocycles. The molecule has 0 aromatic carbocycles. The minimum absolute atomic E-state index is 0. The van der Waals surface area contributed by atoms with Gasteiger partial charge in [0.2, 0.25) is 0 Å². The van der Waals surface area contributed by atoms with Crippen LogP contribution in [0.25, 0.3) is 0 Å². The summed E-state index contributed by atoms with van der Waals surface area (Å²) in [5.74, 6) is 1.87. The van der Waals surface area contributed by atoms with Crippen molar-refractivity contribution in [3.63, 3.8) is 0 Å². The van der Waals surface area contributed by atoms with Crippen molar-refractivity contribution in [3.8, 4) is 5.75 Å². The summed E-state index contributed by atoms with van der Waals surface area (Å²) in [7, 11) is 1.75. The van der Waals surface area contributed by atoms with Crippen LogP contribution in [0.15, 0.2) is 6.20 Å². The summed E-state index contributed by atoms with van der Waals surface area (Å²) in [5, 5.41) is 3.67. The quantitative estimate of drug-likeness (QED) is 0.914. The number of rotatable bonds is 4. The van der Waals surface area contributed by atoms with Crippen molar-refractivity contribution in [1.29, 1.82) is 0 Å². The maximum atomic E-state index is 5.52. The fourth-order valence-corrected chi connectivity index (χ4v) is 4.07. The van der Waals surface area contributed by atoms with Gasteiger partial charge in [0.25, 0.3) is 0 Å². The van der Waals surface area contributed by atoms with Crippen molar-refractivity contribution in [3.05, 3.63) is 23.0 Å². The number of ether oxygens (including phenoxy) is 1. The predicted molar refractivity (Wildman–Crippen MR) is 96.5 cm³/mol. The van der Waals surface area contributed by atoms with Crippen molar-refractivity contribution < 1.29 is 4.74 Å². The summed E-state index contributed by atoms with van der Waals surface area (Å²) in [6.45, 7) is 8.75. The van der Waals surface area contributed by atoms with E-state index < -0.39 is 0 Å². The zero-order valence-electron chi connectivity index (χ0n) is 14.6. The van der Waals surface area contributed by atoms with Crippen molar-refractivity contribution in [1.82, 2.24) is 15.2 Å². The van der Waals surface area contributed by atoms with Gasteiger partial charge in [-0.05, 0) is 65.1 Å². The molecule has 2 saturated heterocycles. The molecule has 0 bridgehead atoms. The summed E-state index contributed by atoms with van der Waals surface area (Å²) in [6.07, 6.45) is 7.31. The highest BCUT2D eigenvalue weighted by Gasteiger charge is 2.28. The molecule has 2 aliphatic heterocycles. The van der Waals surface area contributed by atoms with Crippen LogP contribution < -0.4 is 10.1 Å². The molecular weight excluding hydrogens is 310 g/mol. The van der Waals surface area contributed by atoms with Gasteiger partial charge < -0.3 is 10.1 Å². The molecule has 0 spiro atoms. The molecule has 4 nitrogen and oxygen atoms in total. The average Bonchev–Trinajstić information content (AvgIpc) is 3.06. The Hall–Kier alpha value is -0.840. The first-order valence-electron chi connectivity index (χ1n) is 8.64. The number of likely N-dealkylation sites (tertiary alicyclic amines) is 1. The second-order valence-electron chi connectivity index (χ2n) is 6.86. The van der Waals surface area contributed by atoms with Gasteiger partial charge in [-0.3, -0.25) is 9.88 Å². The number of aryl methyl sites for hydroxylation is 1. The molecule has 2 aliphatic rings. The smallest absolute Gasteiger partial charge is 0.128 e. The third-order valence-corrected chi connectivity index (χ3v) is 5.42. The van der Waals surface area contributed by atoms with Gasteiger partial charge in [0, 0.05) is 29.9 Å². The van der Waals surface area contributed by atoms with Crippen LogP contribution in [0.5, 0.6) is 5.75 Å². The van der Waals surface area contributed by atoms with E-state index in [0.29, 0.717) is 0 Å². The van der Waals surface area contributed by atoms with Gasteiger partial charge in [-0.25, -0.2) is 0 Å². The van der Waals surface area contributed by atoms with E-state index in [4.69, 9.17) is 4.74 Å². The summed E-state index contributed by atoms with van der Waals surface area (Å²) >= 11 is 0. The molecule has 1 atom stereocenters. The zero-order valence-corrected chi connectivity index (χ0v) is 15.4. The number of piperidine rings is 1. The highest BCUT2D eigenvalue weighted by atomic mass is 35.5. The summed E-state index contributed by atoms with van der Waals surface area (Å²) in [5.41, 5.74) is 3.48. The van der Waals surface area contributed by atoms with Crippen LogP contribution in [0.1, 0.15) is 42.5 Å². The van der Waals surface area contributed by atoms with Crippen molar-refractivity contribution in [2.24, 2.45) is 5.92 Å². The Morgan fingerprint density at radius 3 is 2.61 bits per heavy atom. The van der Waals surface area contributed by atoms with E-state index in [2.05, 4.69) is 29.0 Å². The number of pyridine rings is 1. The summed E-state index contributed by atoms with van der Waals surface area (Å²) in [4.78, 5) is 7.19. The summed E-state index contributed by atoms with van der Waals surface area (Å²) in [6, 6.07) is 0.779. The van der Waals surface area contributed by atoms with Crippen LogP contribution in [0.2, 0.25) is 0 Å². The number of methoxy groups -OCH3 is 1. The van der Waals surface area contributed by atoms with Gasteiger partial charge in [-0.15, -0.1) is 12.4 Å². The largest absolute Gasteiger partial charge is 0.496 e. The second-order valence-corrected chi connectivity index (χ2v) is 6.86. The highest BCUT2D eigenvalue weighted by molar-refractivity contribution is 5.85. The Morgan fingerprint density at radius 2 is 2.00 bits per heavy atom. The molecule has 0 saturated carbocycles. The monoisotopic (exact) mass is 339 g/mol. The number of halogens is 1. The van der Waals surface area contributed by atoms with Gasteiger partial charge in [-0.1, -0.05) is 0 Å². The molecule has 1 aromatic rings. The van der Waals surface area contributed by atoms with E-state index >= 15 is 0 Å². The second kappa shape index (κ2) is 8.32. The SMILES string of the molecule is COc1c(C)cnc(CN2CCC(C3CCCN3)CC2)c1C.Cl. The average molecular weight is 340 g/mol. The van der Waals surface area contributed by atoms with Gasteiger partial charge >= 0.3 is 0 Å². The number of aromatic nitrogens is 1. The molecule has 1 N–H and O–H groups in total. The van der Waals surface area contributed by atoms with Crippen molar-refractivity contribution >= 4 is 12.4 Å². The molecule has 1 aromatic heterocycles. The highest BCUT2D eigenvalue weighted by Crippen LogP contribution is 2.28. The first-order valence-corrected chi connectivity index (χ1v) is 8.64. The molecule has 2 fully saturated rings. The Morgan fingerprint density at radius 1 is 1.26 bits per heavy atom. The number of hydrogen-bond acceptors (Lipinski definition) is 4. The van der Waals surface area contributed by atoms with Crippen LogP contribution >= 0.6 is 12.4 Å². The lowest BCUT2D eigenvalue weighted by Gasteiger charge is -2.35. The Kier molecular flexibility index (Phi) is 6.69. The van der Waals surface area contributed by atoms with Gasteiger partial charge in [0.05, 0.1) is 12.8 Å². The van der Waals surface area contributed by atoms with E-state index in [-0.39, 0.29) is 12.4 Å². The molecule has 5 heteroatoms. The number of nitrogens with zero attached hydrogens (tertiary/aromatic N) is 2. The molecule has 0 radical (unpaired) electrons. The maximum absolute atomic E-state index is 5.52. The minimum Gasteiger partial charge on any atom is -0.496 e. The molecule has 1 unspecified atom stereocenters. The van der Waals surface area contributed by atoms with Gasteiger partial charge in [0.15, 0.2) is 0 Å². The Labute approximate surface area is 146 Å². The van der Waals surface area contributed by atoms with E-state index in [1.54, 1.807) is 7.11 Å². The Bertz CT molecular complexity index is 509. The summed E-state index contributed by atoms with van der Waals surface area (Å²) < 4.78 is 5.52. The lowest BCUT2D eigenvalue weighted by atomic mass is 9.88. The molecule has 0 amide bonds. The fourth-order valence-electron chi connectivity index (χ4n) is 4.07.